The van der Waals surface area contributed by atoms with Gasteiger partial charge in [-0.3, -0.25) is 10.1 Å². The Morgan fingerprint density at radius 3 is 2.15 bits per heavy atom. The van der Waals surface area contributed by atoms with Gasteiger partial charge < -0.3 is 0 Å². The number of nitrogens with zero attached hydrogens (tertiary/aromatic N) is 4. The molecule has 3 heterocycles. The van der Waals surface area contributed by atoms with Crippen LogP contribution in [0.4, 0.5) is 0 Å². The molecule has 0 aliphatic rings. The number of aryl methyl sites for hydroxylation is 2. The lowest BCUT2D eigenvalue weighted by atomic mass is 10.1. The van der Waals surface area contributed by atoms with E-state index in [1.54, 1.807) is 6.33 Å². The zero-order valence-electron chi connectivity index (χ0n) is 17.4. The van der Waals surface area contributed by atoms with Crippen molar-refractivity contribution in [2.75, 3.05) is 0 Å². The summed E-state index contributed by atoms with van der Waals surface area (Å²) < 4.78 is 0. The third kappa shape index (κ3) is 2.67. The van der Waals surface area contributed by atoms with E-state index in [4.69, 9.17) is 4.98 Å². The van der Waals surface area contributed by atoms with Crippen molar-refractivity contribution >= 4 is 24.3 Å². The Hall–Kier alpha value is -2.08. The minimum Gasteiger partial charge on any atom is -0.260 e. The molecule has 0 saturated heterocycles. The minimum atomic E-state index is -1.74. The molecule has 0 bridgehead atoms. The Kier molecular flexibility index (Phi) is 4.30. The Labute approximate surface area is 156 Å². The van der Waals surface area contributed by atoms with Gasteiger partial charge in [0.1, 0.15) is 12.0 Å². The summed E-state index contributed by atoms with van der Waals surface area (Å²) in [6.45, 7) is 20.5. The summed E-state index contributed by atoms with van der Waals surface area (Å²) in [6.07, 6.45) is 1.57. The fourth-order valence-corrected chi connectivity index (χ4v) is 6.56. The summed E-state index contributed by atoms with van der Waals surface area (Å²) in [5.41, 5.74) is 7.15. The number of H-pyrrole nitrogens is 1. The first-order valence-electron chi connectivity index (χ1n) is 9.11. The lowest BCUT2D eigenvalue weighted by molar-refractivity contribution is 0.728. The number of fused-ring (bicyclic) bond motifs is 1. The van der Waals surface area contributed by atoms with E-state index in [1.807, 2.05) is 6.92 Å². The highest BCUT2D eigenvalue weighted by Gasteiger charge is 2.40. The molecule has 0 spiro atoms. The quantitative estimate of drug-likeness (QED) is 0.683. The predicted octanol–water partition coefficient (Wildman–Crippen LogP) is 4.36. The maximum atomic E-state index is 4.95. The standard InChI is InChI=1S/C20H29N5Si/c1-11-13(3)23-16(12(2)18(11)26(8,9)20(5,6)7)17-15-14(4)21-10-22-19(15)25-24-17/h10H,1-9H3,(H,21,22,24,25). The van der Waals surface area contributed by atoms with Gasteiger partial charge in [-0.25, -0.2) is 9.97 Å². The second kappa shape index (κ2) is 5.98. The molecule has 6 heteroatoms. The number of pyridine rings is 1. The topological polar surface area (TPSA) is 67.3 Å². The number of hydrogen-bond donors (Lipinski definition) is 1. The van der Waals surface area contributed by atoms with Crippen LogP contribution in [0.3, 0.4) is 0 Å². The van der Waals surface area contributed by atoms with Crippen LogP contribution in [0, 0.1) is 27.7 Å². The normalized spacial score (nSPS) is 12.8. The fraction of sp³-hybridized carbons (Fsp3) is 0.500. The van der Waals surface area contributed by atoms with Gasteiger partial charge in [-0.15, -0.1) is 0 Å². The highest BCUT2D eigenvalue weighted by atomic mass is 28.3. The van der Waals surface area contributed by atoms with Crippen LogP contribution in [-0.4, -0.2) is 33.2 Å². The molecule has 3 aromatic heterocycles. The van der Waals surface area contributed by atoms with Gasteiger partial charge in [0.2, 0.25) is 0 Å². The van der Waals surface area contributed by atoms with E-state index in [-0.39, 0.29) is 5.04 Å². The lowest BCUT2D eigenvalue weighted by Gasteiger charge is -2.40. The van der Waals surface area contributed by atoms with E-state index < -0.39 is 8.07 Å². The van der Waals surface area contributed by atoms with Crippen LogP contribution in [0.1, 0.15) is 43.3 Å². The van der Waals surface area contributed by atoms with Crippen molar-refractivity contribution in [1.82, 2.24) is 25.1 Å². The monoisotopic (exact) mass is 367 g/mol. The summed E-state index contributed by atoms with van der Waals surface area (Å²) in [5.74, 6) is 0. The first kappa shape index (κ1) is 18.7. The van der Waals surface area contributed by atoms with Crippen LogP contribution < -0.4 is 5.19 Å². The van der Waals surface area contributed by atoms with Crippen LogP contribution >= 0.6 is 0 Å². The molecule has 1 N–H and O–H groups in total. The third-order valence-corrected chi connectivity index (χ3v) is 11.9. The van der Waals surface area contributed by atoms with Gasteiger partial charge in [-0.05, 0) is 49.0 Å². The maximum Gasteiger partial charge on any atom is 0.159 e. The van der Waals surface area contributed by atoms with Crippen molar-refractivity contribution < 1.29 is 0 Å². The molecule has 0 unspecified atom stereocenters. The number of hydrogen-bond acceptors (Lipinski definition) is 4. The molecule has 0 fully saturated rings. The van der Waals surface area contributed by atoms with Gasteiger partial charge in [0.05, 0.1) is 24.8 Å². The van der Waals surface area contributed by atoms with Gasteiger partial charge in [-0.2, -0.15) is 5.10 Å². The first-order chi connectivity index (χ1) is 12.0. The van der Waals surface area contributed by atoms with Gasteiger partial charge in [0.25, 0.3) is 0 Å². The molecule has 5 nitrogen and oxygen atoms in total. The summed E-state index contributed by atoms with van der Waals surface area (Å²) in [5, 5.41) is 10.3. The highest BCUT2D eigenvalue weighted by molar-refractivity contribution is 6.92. The first-order valence-corrected chi connectivity index (χ1v) is 12.1. The minimum absolute atomic E-state index is 0.250. The Bertz CT molecular complexity index is 996. The molecule has 3 rings (SSSR count). The van der Waals surface area contributed by atoms with E-state index in [0.717, 1.165) is 33.8 Å². The van der Waals surface area contributed by atoms with Crippen LogP contribution in [0.15, 0.2) is 6.33 Å². The molecule has 0 aromatic carbocycles. The molecule has 0 atom stereocenters. The molecule has 0 saturated carbocycles. The molecular weight excluding hydrogens is 338 g/mol. The summed E-state index contributed by atoms with van der Waals surface area (Å²) >= 11 is 0. The van der Waals surface area contributed by atoms with Crippen molar-refractivity contribution in [2.24, 2.45) is 0 Å². The van der Waals surface area contributed by atoms with Gasteiger partial charge in [0.15, 0.2) is 5.65 Å². The second-order valence-corrected chi connectivity index (χ2v) is 14.1. The van der Waals surface area contributed by atoms with Gasteiger partial charge in [-0.1, -0.05) is 33.9 Å². The Balaban J connectivity index is 2.38. The maximum absolute atomic E-state index is 4.95. The lowest BCUT2D eigenvalue weighted by Crippen LogP contribution is -2.52. The fourth-order valence-electron chi connectivity index (χ4n) is 3.64. The molecule has 0 aliphatic carbocycles. The third-order valence-electron chi connectivity index (χ3n) is 6.20. The van der Waals surface area contributed by atoms with E-state index in [0.29, 0.717) is 0 Å². The van der Waals surface area contributed by atoms with E-state index in [1.165, 1.54) is 16.3 Å². The highest BCUT2D eigenvalue weighted by Crippen LogP contribution is 2.38. The summed E-state index contributed by atoms with van der Waals surface area (Å²) in [6, 6.07) is 0. The average molecular weight is 368 g/mol. The molecule has 3 aromatic rings. The van der Waals surface area contributed by atoms with Crippen LogP contribution in [0.2, 0.25) is 18.1 Å². The molecule has 0 aliphatic heterocycles. The molecule has 138 valence electrons. The van der Waals surface area contributed by atoms with Gasteiger partial charge >= 0.3 is 0 Å². The molecule has 0 amide bonds. The van der Waals surface area contributed by atoms with E-state index in [9.17, 15) is 0 Å². The smallest absolute Gasteiger partial charge is 0.159 e. The van der Waals surface area contributed by atoms with E-state index >= 15 is 0 Å². The van der Waals surface area contributed by atoms with Gasteiger partial charge in [0, 0.05) is 5.69 Å². The SMILES string of the molecule is Cc1nc(-c2n[nH]c3ncnc(C)c23)c(C)c([Si](C)(C)C(C)(C)C)c1C. The summed E-state index contributed by atoms with van der Waals surface area (Å²) in [7, 11) is -1.74. The van der Waals surface area contributed by atoms with Crippen molar-refractivity contribution in [3.05, 3.63) is 28.8 Å². The number of nitrogens with one attached hydrogen (secondary N) is 1. The Morgan fingerprint density at radius 2 is 1.54 bits per heavy atom. The van der Waals surface area contributed by atoms with E-state index in [2.05, 4.69) is 74.8 Å². The molecule has 26 heavy (non-hydrogen) atoms. The van der Waals surface area contributed by atoms with Crippen molar-refractivity contribution in [3.8, 4) is 11.4 Å². The number of rotatable bonds is 2. The number of aromatic nitrogens is 5. The van der Waals surface area contributed by atoms with Crippen LogP contribution in [-0.2, 0) is 0 Å². The zero-order chi connectivity index (χ0) is 19.4. The van der Waals surface area contributed by atoms with Crippen molar-refractivity contribution in [1.29, 1.82) is 0 Å². The average Bonchev–Trinajstić information content (AvgIpc) is 2.95. The zero-order valence-corrected chi connectivity index (χ0v) is 18.4. The largest absolute Gasteiger partial charge is 0.260 e. The predicted molar refractivity (Wildman–Crippen MR) is 111 cm³/mol. The van der Waals surface area contributed by atoms with Crippen LogP contribution in [0.5, 0.6) is 0 Å². The van der Waals surface area contributed by atoms with Crippen molar-refractivity contribution in [2.45, 2.75) is 66.6 Å². The summed E-state index contributed by atoms with van der Waals surface area (Å²) in [4.78, 5) is 13.6. The van der Waals surface area contributed by atoms with Crippen LogP contribution in [0.25, 0.3) is 22.4 Å². The second-order valence-electron chi connectivity index (χ2n) is 8.80. The number of aromatic amines is 1. The van der Waals surface area contributed by atoms with Crippen molar-refractivity contribution in [3.63, 3.8) is 0 Å². The molecular formula is C20H29N5Si. The molecule has 0 radical (unpaired) electrons. The Morgan fingerprint density at radius 1 is 0.885 bits per heavy atom.